The number of likely N-dealkylation sites (tertiary alicyclic amines) is 2. The molecule has 1 aromatic carbocycles. The second kappa shape index (κ2) is 9.20. The molecule has 0 bridgehead atoms. The molecule has 4 heteroatoms. The van der Waals surface area contributed by atoms with Crippen LogP contribution in [0.2, 0.25) is 0 Å². The van der Waals surface area contributed by atoms with Crippen molar-refractivity contribution in [2.75, 3.05) is 40.3 Å². The summed E-state index contributed by atoms with van der Waals surface area (Å²) in [5.41, 5.74) is 2.12. The van der Waals surface area contributed by atoms with Crippen LogP contribution < -0.4 is 0 Å². The van der Waals surface area contributed by atoms with Gasteiger partial charge in [-0.3, -0.25) is 9.69 Å². The molecule has 0 saturated carbocycles. The molecule has 2 aliphatic heterocycles. The van der Waals surface area contributed by atoms with E-state index in [4.69, 9.17) is 0 Å². The summed E-state index contributed by atoms with van der Waals surface area (Å²) in [7, 11) is 4.27. The lowest BCUT2D eigenvalue weighted by Gasteiger charge is -2.27. The van der Waals surface area contributed by atoms with E-state index in [9.17, 15) is 4.79 Å². The number of nitrogens with zero attached hydrogens (tertiary/aromatic N) is 3. The summed E-state index contributed by atoms with van der Waals surface area (Å²) in [4.78, 5) is 20.1. The van der Waals surface area contributed by atoms with Crippen molar-refractivity contribution in [2.45, 2.75) is 52.1 Å². The van der Waals surface area contributed by atoms with Crippen LogP contribution in [-0.2, 0) is 6.54 Å². The van der Waals surface area contributed by atoms with Gasteiger partial charge < -0.3 is 9.80 Å². The number of hydrogen-bond donors (Lipinski definition) is 0. The third kappa shape index (κ3) is 5.11. The lowest BCUT2D eigenvalue weighted by molar-refractivity contribution is 0.0779. The highest BCUT2D eigenvalue weighted by Crippen LogP contribution is 2.28. The zero-order valence-electron chi connectivity index (χ0n) is 17.7. The van der Waals surface area contributed by atoms with Crippen molar-refractivity contribution in [3.8, 4) is 0 Å². The Kier molecular flexibility index (Phi) is 6.93. The molecule has 3 rings (SSSR count). The van der Waals surface area contributed by atoms with Crippen molar-refractivity contribution in [3.63, 3.8) is 0 Å². The SMILES string of the molecule is CC(C)[C@@H]1CN(C(=O)c2cccc(CN3CCCCCC3)c2)C[C@H]1N(C)C. The zero-order chi connectivity index (χ0) is 19.4. The van der Waals surface area contributed by atoms with Crippen molar-refractivity contribution < 1.29 is 4.79 Å². The first-order chi connectivity index (χ1) is 13.0. The smallest absolute Gasteiger partial charge is 0.253 e. The summed E-state index contributed by atoms with van der Waals surface area (Å²) in [6, 6.07) is 8.79. The molecule has 0 unspecified atom stereocenters. The Morgan fingerprint density at radius 1 is 1.11 bits per heavy atom. The maximum absolute atomic E-state index is 13.2. The van der Waals surface area contributed by atoms with Crippen LogP contribution in [0.1, 0.15) is 55.5 Å². The standard InChI is InChI=1S/C23H37N3O/c1-18(2)21-16-26(17-22(21)24(3)4)23(27)20-11-9-10-19(14-20)15-25-12-7-5-6-8-13-25/h9-11,14,18,21-22H,5-8,12-13,15-17H2,1-4H3/t21-,22+/m0/s1. The van der Waals surface area contributed by atoms with Crippen molar-refractivity contribution in [2.24, 2.45) is 11.8 Å². The van der Waals surface area contributed by atoms with Gasteiger partial charge in [0, 0.05) is 31.2 Å². The minimum Gasteiger partial charge on any atom is -0.337 e. The van der Waals surface area contributed by atoms with E-state index in [1.54, 1.807) is 0 Å². The van der Waals surface area contributed by atoms with Crippen molar-refractivity contribution in [3.05, 3.63) is 35.4 Å². The van der Waals surface area contributed by atoms with E-state index in [0.717, 1.165) is 25.2 Å². The molecule has 2 atom stereocenters. The molecule has 0 aliphatic carbocycles. The summed E-state index contributed by atoms with van der Waals surface area (Å²) in [5.74, 6) is 1.33. The maximum atomic E-state index is 13.2. The van der Waals surface area contributed by atoms with E-state index < -0.39 is 0 Å². The van der Waals surface area contributed by atoms with Crippen LogP contribution in [0.5, 0.6) is 0 Å². The molecule has 2 fully saturated rings. The lowest BCUT2D eigenvalue weighted by atomic mass is 9.91. The van der Waals surface area contributed by atoms with E-state index in [-0.39, 0.29) is 5.91 Å². The molecular weight excluding hydrogens is 334 g/mol. The molecule has 0 radical (unpaired) electrons. The topological polar surface area (TPSA) is 26.8 Å². The van der Waals surface area contributed by atoms with Crippen LogP contribution in [-0.4, -0.2) is 66.9 Å². The second-order valence-corrected chi connectivity index (χ2v) is 9.04. The van der Waals surface area contributed by atoms with Gasteiger partial charge >= 0.3 is 0 Å². The van der Waals surface area contributed by atoms with E-state index in [1.807, 2.05) is 6.07 Å². The van der Waals surface area contributed by atoms with Crippen LogP contribution in [0.3, 0.4) is 0 Å². The molecule has 2 saturated heterocycles. The highest BCUT2D eigenvalue weighted by atomic mass is 16.2. The molecule has 150 valence electrons. The predicted molar refractivity (Wildman–Crippen MR) is 112 cm³/mol. The first kappa shape index (κ1) is 20.3. The van der Waals surface area contributed by atoms with Gasteiger partial charge in [-0.25, -0.2) is 0 Å². The molecule has 2 heterocycles. The number of hydrogen-bond acceptors (Lipinski definition) is 3. The quantitative estimate of drug-likeness (QED) is 0.789. The number of carbonyl (C=O) groups is 1. The fourth-order valence-corrected chi connectivity index (χ4v) is 4.72. The van der Waals surface area contributed by atoms with Gasteiger partial charge in [0.15, 0.2) is 0 Å². The summed E-state index contributed by atoms with van der Waals surface area (Å²) < 4.78 is 0. The highest BCUT2D eigenvalue weighted by molar-refractivity contribution is 5.94. The minimum atomic E-state index is 0.197. The molecule has 0 N–H and O–H groups in total. The lowest BCUT2D eigenvalue weighted by Crippen LogP contribution is -2.37. The van der Waals surface area contributed by atoms with Crippen LogP contribution in [0.15, 0.2) is 24.3 Å². The highest BCUT2D eigenvalue weighted by Gasteiger charge is 2.38. The Balaban J connectivity index is 1.68. The van der Waals surface area contributed by atoms with E-state index in [2.05, 4.69) is 60.8 Å². The molecule has 1 aromatic rings. The van der Waals surface area contributed by atoms with Gasteiger partial charge in [-0.05, 0) is 69.6 Å². The van der Waals surface area contributed by atoms with Crippen molar-refractivity contribution in [1.29, 1.82) is 0 Å². The summed E-state index contributed by atoms with van der Waals surface area (Å²) >= 11 is 0. The number of carbonyl (C=O) groups excluding carboxylic acids is 1. The minimum absolute atomic E-state index is 0.197. The van der Waals surface area contributed by atoms with E-state index in [1.165, 1.54) is 44.3 Å². The monoisotopic (exact) mass is 371 g/mol. The Morgan fingerprint density at radius 3 is 2.41 bits per heavy atom. The fourth-order valence-electron chi connectivity index (χ4n) is 4.72. The molecular formula is C23H37N3O. The summed E-state index contributed by atoms with van der Waals surface area (Å²) in [5, 5.41) is 0. The van der Waals surface area contributed by atoms with Gasteiger partial charge in [-0.15, -0.1) is 0 Å². The Bertz CT molecular complexity index is 604. The third-order valence-corrected chi connectivity index (χ3v) is 6.42. The van der Waals surface area contributed by atoms with Crippen LogP contribution in [0.4, 0.5) is 0 Å². The third-order valence-electron chi connectivity index (χ3n) is 6.42. The number of amides is 1. The molecule has 4 nitrogen and oxygen atoms in total. The normalized spacial score (nSPS) is 24.6. The molecule has 0 aromatic heterocycles. The number of rotatable bonds is 5. The summed E-state index contributed by atoms with van der Waals surface area (Å²) in [6.45, 7) is 9.60. The Morgan fingerprint density at radius 2 is 1.81 bits per heavy atom. The van der Waals surface area contributed by atoms with Crippen LogP contribution >= 0.6 is 0 Å². The molecule has 27 heavy (non-hydrogen) atoms. The van der Waals surface area contributed by atoms with Crippen molar-refractivity contribution in [1.82, 2.24) is 14.7 Å². The van der Waals surface area contributed by atoms with Crippen molar-refractivity contribution >= 4 is 5.91 Å². The first-order valence-electron chi connectivity index (χ1n) is 10.7. The first-order valence-corrected chi connectivity index (χ1v) is 10.7. The van der Waals surface area contributed by atoms with Crippen LogP contribution in [0, 0.1) is 11.8 Å². The van der Waals surface area contributed by atoms with E-state index >= 15 is 0 Å². The van der Waals surface area contributed by atoms with Crippen LogP contribution in [0.25, 0.3) is 0 Å². The van der Waals surface area contributed by atoms with Gasteiger partial charge in [-0.2, -0.15) is 0 Å². The second-order valence-electron chi connectivity index (χ2n) is 9.04. The predicted octanol–water partition coefficient (Wildman–Crippen LogP) is 3.72. The average Bonchev–Trinajstić information content (AvgIpc) is 2.95. The van der Waals surface area contributed by atoms with Gasteiger partial charge in [0.2, 0.25) is 0 Å². The van der Waals surface area contributed by atoms with Gasteiger partial charge in [0.1, 0.15) is 0 Å². The molecule has 1 amide bonds. The van der Waals surface area contributed by atoms with Gasteiger partial charge in [-0.1, -0.05) is 38.8 Å². The van der Waals surface area contributed by atoms with Gasteiger partial charge in [0.05, 0.1) is 0 Å². The Labute approximate surface area is 165 Å². The largest absolute Gasteiger partial charge is 0.337 e. The molecule has 2 aliphatic rings. The Hall–Kier alpha value is -1.39. The number of benzene rings is 1. The zero-order valence-corrected chi connectivity index (χ0v) is 17.7. The summed E-state index contributed by atoms with van der Waals surface area (Å²) in [6.07, 6.45) is 5.31. The number of likely N-dealkylation sites (N-methyl/N-ethyl adjacent to an activating group) is 1. The van der Waals surface area contributed by atoms with Gasteiger partial charge in [0.25, 0.3) is 5.91 Å². The fraction of sp³-hybridized carbons (Fsp3) is 0.696. The molecule has 0 spiro atoms. The average molecular weight is 372 g/mol. The maximum Gasteiger partial charge on any atom is 0.253 e. The van der Waals surface area contributed by atoms with E-state index in [0.29, 0.717) is 17.9 Å².